The molecule has 0 bridgehead atoms. The SMILES string of the molecule is O=C(Nc1ccncc1)c1ccc(C(NO)C2CCCN2S(=O)c2cccc(F)c2)cc1. The summed E-state index contributed by atoms with van der Waals surface area (Å²) in [7, 11) is -1.56. The minimum absolute atomic E-state index is 0.258. The van der Waals surface area contributed by atoms with Gasteiger partial charge in [0.25, 0.3) is 5.91 Å². The number of nitrogens with zero attached hydrogens (tertiary/aromatic N) is 2. The summed E-state index contributed by atoms with van der Waals surface area (Å²) < 4.78 is 28.5. The van der Waals surface area contributed by atoms with Gasteiger partial charge >= 0.3 is 0 Å². The molecule has 0 spiro atoms. The Morgan fingerprint density at radius 3 is 2.59 bits per heavy atom. The van der Waals surface area contributed by atoms with Gasteiger partial charge < -0.3 is 10.5 Å². The number of aromatic nitrogens is 1. The standard InChI is InChI=1S/C23H23FN4O3S/c24-18-3-1-4-20(15-18)32(31)28-14-2-5-21(28)22(27-30)16-6-8-17(9-7-16)23(29)26-19-10-12-25-13-11-19/h1,3-4,6-13,15,21-22,27,30H,2,5,14H2,(H,25,26,29). The number of amides is 1. The highest BCUT2D eigenvalue weighted by Gasteiger charge is 2.36. The van der Waals surface area contributed by atoms with E-state index in [0.717, 1.165) is 12.0 Å². The van der Waals surface area contributed by atoms with Gasteiger partial charge in [-0.25, -0.2) is 12.9 Å². The second-order valence-electron chi connectivity index (χ2n) is 7.48. The second kappa shape index (κ2) is 10.1. The van der Waals surface area contributed by atoms with E-state index in [1.54, 1.807) is 59.2 Å². The Morgan fingerprint density at radius 1 is 1.16 bits per heavy atom. The van der Waals surface area contributed by atoms with Gasteiger partial charge in [0.1, 0.15) is 16.8 Å². The highest BCUT2D eigenvalue weighted by molar-refractivity contribution is 7.82. The average molecular weight is 455 g/mol. The minimum atomic E-state index is -1.56. The lowest BCUT2D eigenvalue weighted by Crippen LogP contribution is -2.41. The number of carbonyl (C=O) groups excluding carboxylic acids is 1. The van der Waals surface area contributed by atoms with Gasteiger partial charge in [-0.1, -0.05) is 18.2 Å². The zero-order valence-electron chi connectivity index (χ0n) is 17.1. The minimum Gasteiger partial charge on any atom is -0.322 e. The Kier molecular flexibility index (Phi) is 7.01. The molecule has 2 aromatic carbocycles. The molecule has 1 amide bonds. The van der Waals surface area contributed by atoms with Crippen LogP contribution in [0.15, 0.2) is 78.0 Å². The van der Waals surface area contributed by atoms with Crippen LogP contribution < -0.4 is 10.8 Å². The summed E-state index contributed by atoms with van der Waals surface area (Å²) in [6.45, 7) is 0.568. The topological polar surface area (TPSA) is 94.6 Å². The number of hydroxylamine groups is 1. The number of halogens is 1. The first-order valence-corrected chi connectivity index (χ1v) is 11.3. The molecule has 0 aliphatic carbocycles. The molecule has 9 heteroatoms. The predicted molar refractivity (Wildman–Crippen MR) is 119 cm³/mol. The van der Waals surface area contributed by atoms with Crippen LogP contribution in [0.25, 0.3) is 0 Å². The van der Waals surface area contributed by atoms with E-state index in [4.69, 9.17) is 0 Å². The van der Waals surface area contributed by atoms with Crippen LogP contribution in [0.3, 0.4) is 0 Å². The van der Waals surface area contributed by atoms with Gasteiger partial charge in [0, 0.05) is 36.2 Å². The van der Waals surface area contributed by atoms with E-state index in [2.05, 4.69) is 15.8 Å². The summed E-state index contributed by atoms with van der Waals surface area (Å²) in [6, 6.07) is 15.2. The smallest absolute Gasteiger partial charge is 0.255 e. The van der Waals surface area contributed by atoms with Crippen LogP contribution in [0.2, 0.25) is 0 Å². The molecule has 7 nitrogen and oxygen atoms in total. The van der Waals surface area contributed by atoms with E-state index in [-0.39, 0.29) is 11.9 Å². The summed E-state index contributed by atoms with van der Waals surface area (Å²) >= 11 is 0. The van der Waals surface area contributed by atoms with Crippen molar-refractivity contribution in [2.24, 2.45) is 0 Å². The van der Waals surface area contributed by atoms with Crippen molar-refractivity contribution in [3.05, 3.63) is 90.0 Å². The predicted octanol–water partition coefficient (Wildman–Crippen LogP) is 3.68. The van der Waals surface area contributed by atoms with Gasteiger partial charge in [-0.3, -0.25) is 9.78 Å². The Labute approximate surface area is 187 Å². The molecule has 3 unspecified atom stereocenters. The number of carbonyl (C=O) groups is 1. The van der Waals surface area contributed by atoms with Crippen molar-refractivity contribution in [3.63, 3.8) is 0 Å². The van der Waals surface area contributed by atoms with E-state index in [1.807, 2.05) is 0 Å². The maximum Gasteiger partial charge on any atom is 0.255 e. The number of rotatable bonds is 7. The number of hydrogen-bond acceptors (Lipinski definition) is 5. The van der Waals surface area contributed by atoms with E-state index in [0.29, 0.717) is 29.1 Å². The van der Waals surface area contributed by atoms with E-state index in [9.17, 15) is 18.6 Å². The van der Waals surface area contributed by atoms with Crippen molar-refractivity contribution in [1.82, 2.24) is 14.8 Å². The van der Waals surface area contributed by atoms with Crippen LogP contribution in [-0.4, -0.2) is 37.2 Å². The monoisotopic (exact) mass is 454 g/mol. The number of benzene rings is 2. The number of anilines is 1. The first-order valence-electron chi connectivity index (χ1n) is 10.2. The summed E-state index contributed by atoms with van der Waals surface area (Å²) in [6.07, 6.45) is 4.70. The lowest BCUT2D eigenvalue weighted by atomic mass is 9.97. The first-order chi connectivity index (χ1) is 15.6. The summed E-state index contributed by atoms with van der Waals surface area (Å²) in [5, 5.41) is 12.7. The maximum atomic E-state index is 13.6. The number of hydrogen-bond donors (Lipinski definition) is 3. The zero-order chi connectivity index (χ0) is 22.5. The molecule has 4 rings (SSSR count). The van der Waals surface area contributed by atoms with Crippen molar-refractivity contribution in [2.75, 3.05) is 11.9 Å². The quantitative estimate of drug-likeness (QED) is 0.474. The normalized spacial score (nSPS) is 18.2. The lowest BCUT2D eigenvalue weighted by molar-refractivity contribution is 0.0971. The third-order valence-electron chi connectivity index (χ3n) is 5.45. The largest absolute Gasteiger partial charge is 0.322 e. The van der Waals surface area contributed by atoms with Crippen molar-refractivity contribution in [1.29, 1.82) is 0 Å². The number of pyridine rings is 1. The first kappa shape index (κ1) is 22.2. The fourth-order valence-corrected chi connectivity index (χ4v) is 5.33. The van der Waals surface area contributed by atoms with E-state index >= 15 is 0 Å². The van der Waals surface area contributed by atoms with Gasteiger partial charge in [0.15, 0.2) is 0 Å². The lowest BCUT2D eigenvalue weighted by Gasteiger charge is -2.30. The van der Waals surface area contributed by atoms with Crippen LogP contribution in [-0.2, 0) is 11.0 Å². The van der Waals surface area contributed by atoms with Gasteiger partial charge in [-0.05, 0) is 60.9 Å². The Bertz CT molecular complexity index is 1100. The molecule has 3 aromatic rings. The Hall–Kier alpha value is -2.98. The molecule has 0 saturated carbocycles. The van der Waals surface area contributed by atoms with Gasteiger partial charge in [-0.15, -0.1) is 0 Å². The molecule has 1 aromatic heterocycles. The van der Waals surface area contributed by atoms with Crippen LogP contribution in [0.4, 0.5) is 10.1 Å². The molecule has 3 atom stereocenters. The molecule has 2 heterocycles. The molecular weight excluding hydrogens is 431 g/mol. The summed E-state index contributed by atoms with van der Waals surface area (Å²) in [5.74, 6) is -0.699. The third kappa shape index (κ3) is 4.91. The van der Waals surface area contributed by atoms with E-state index < -0.39 is 22.8 Å². The van der Waals surface area contributed by atoms with Crippen molar-refractivity contribution in [2.45, 2.75) is 29.8 Å². The molecule has 1 fully saturated rings. The molecule has 1 aliphatic heterocycles. The average Bonchev–Trinajstić information content (AvgIpc) is 3.29. The van der Waals surface area contributed by atoms with Crippen LogP contribution in [0, 0.1) is 5.82 Å². The fourth-order valence-electron chi connectivity index (χ4n) is 3.88. The van der Waals surface area contributed by atoms with Crippen molar-refractivity contribution >= 4 is 22.6 Å². The highest BCUT2D eigenvalue weighted by atomic mass is 32.2. The van der Waals surface area contributed by atoms with Gasteiger partial charge in [-0.2, -0.15) is 5.48 Å². The van der Waals surface area contributed by atoms with Crippen molar-refractivity contribution in [3.8, 4) is 0 Å². The summed E-state index contributed by atoms with van der Waals surface area (Å²) in [5.41, 5.74) is 4.20. The van der Waals surface area contributed by atoms with Crippen LogP contribution in [0.1, 0.15) is 34.8 Å². The highest BCUT2D eigenvalue weighted by Crippen LogP contribution is 2.32. The Morgan fingerprint density at radius 2 is 1.91 bits per heavy atom. The molecule has 32 heavy (non-hydrogen) atoms. The second-order valence-corrected chi connectivity index (χ2v) is 8.91. The van der Waals surface area contributed by atoms with E-state index in [1.165, 1.54) is 18.2 Å². The van der Waals surface area contributed by atoms with Crippen LogP contribution in [0.5, 0.6) is 0 Å². The van der Waals surface area contributed by atoms with Crippen molar-refractivity contribution < 1.29 is 18.6 Å². The molecule has 166 valence electrons. The molecule has 0 radical (unpaired) electrons. The number of nitrogens with one attached hydrogen (secondary N) is 2. The Balaban J connectivity index is 1.50. The van der Waals surface area contributed by atoms with Gasteiger partial charge in [0.05, 0.1) is 10.9 Å². The summed E-state index contributed by atoms with van der Waals surface area (Å²) in [4.78, 5) is 16.8. The molecule has 3 N–H and O–H groups in total. The fraction of sp³-hybridized carbons (Fsp3) is 0.217. The molecule has 1 aliphatic rings. The van der Waals surface area contributed by atoms with Gasteiger partial charge in [0.2, 0.25) is 0 Å². The molecule has 1 saturated heterocycles. The third-order valence-corrected chi connectivity index (χ3v) is 6.99. The molecular formula is C23H23FN4O3S. The van der Waals surface area contributed by atoms with Crippen LogP contribution >= 0.6 is 0 Å². The zero-order valence-corrected chi connectivity index (χ0v) is 18.0. The maximum absolute atomic E-state index is 13.6.